The Kier molecular flexibility index (Phi) is 5.21. The van der Waals surface area contributed by atoms with Gasteiger partial charge in [0.05, 0.1) is 5.41 Å². The van der Waals surface area contributed by atoms with Crippen molar-refractivity contribution in [2.75, 3.05) is 6.61 Å². The van der Waals surface area contributed by atoms with Crippen LogP contribution in [0.25, 0.3) is 0 Å². The van der Waals surface area contributed by atoms with E-state index in [4.69, 9.17) is 9.16 Å². The lowest BCUT2D eigenvalue weighted by Crippen LogP contribution is -2.48. The Labute approximate surface area is 219 Å². The topological polar surface area (TPSA) is 37.6 Å². The highest BCUT2D eigenvalue weighted by atomic mass is 16.5. The quantitative estimate of drug-likeness (QED) is 0.188. The number of esters is 1. The van der Waals surface area contributed by atoms with Gasteiger partial charge in [0.15, 0.2) is 0 Å². The molecule has 1 aliphatic heterocycles. The molecule has 0 aromatic heterocycles. The Morgan fingerprint density at radius 3 is 2.43 bits per heavy atom. The molecule has 1 aromatic rings. The summed E-state index contributed by atoms with van der Waals surface area (Å²) in [6.45, 7) is 19.9. The standard InChI is InChI=1S/C34H33O3/c1-8-17-36-32-31(25-13-11-12-14-27(25)37-33(32)35)34-26-16-15-24-22(9-2)20(6)28(30(24)34)18(4)19(5)29(34)21(7)23(26)10-3/h9-16,28,31H,2-3,8,17H2,1,4-7H3/q+1. The van der Waals surface area contributed by atoms with Crippen LogP contribution in [0.3, 0.4) is 0 Å². The smallest absolute Gasteiger partial charge is 0.416 e. The molecule has 0 saturated heterocycles. The molecule has 6 rings (SSSR count). The van der Waals surface area contributed by atoms with E-state index in [1.165, 1.54) is 50.2 Å². The highest BCUT2D eigenvalue weighted by molar-refractivity contribution is 6.38. The molecule has 3 heteroatoms. The second kappa shape index (κ2) is 8.14. The van der Waals surface area contributed by atoms with Crippen molar-refractivity contribution in [3.8, 4) is 5.75 Å². The predicted molar refractivity (Wildman–Crippen MR) is 148 cm³/mol. The molecule has 3 nitrogen and oxygen atoms in total. The van der Waals surface area contributed by atoms with Crippen molar-refractivity contribution in [1.82, 2.24) is 0 Å². The maximum absolute atomic E-state index is 13.7. The van der Waals surface area contributed by atoms with E-state index >= 15 is 0 Å². The largest absolute Gasteiger partial charge is 0.437 e. The first kappa shape index (κ1) is 23.7. The number of ether oxygens (including phenoxy) is 1. The summed E-state index contributed by atoms with van der Waals surface area (Å²) >= 11 is 0. The fourth-order valence-electron chi connectivity index (χ4n) is 7.68. The molecule has 1 aromatic carbocycles. The molecule has 0 spiro atoms. The fourth-order valence-corrected chi connectivity index (χ4v) is 7.68. The van der Waals surface area contributed by atoms with Crippen molar-refractivity contribution < 1.29 is 14.0 Å². The number of ketones is 1. The maximum atomic E-state index is 13.7. The lowest BCUT2D eigenvalue weighted by atomic mass is 9.50. The van der Waals surface area contributed by atoms with Gasteiger partial charge in [-0.15, -0.1) is 0 Å². The van der Waals surface area contributed by atoms with Crippen LogP contribution >= 0.6 is 0 Å². The normalized spacial score (nSPS) is 28.9. The summed E-state index contributed by atoms with van der Waals surface area (Å²) in [5.74, 6) is 0.394. The molecular weight excluding hydrogens is 456 g/mol. The molecule has 3 atom stereocenters. The van der Waals surface area contributed by atoms with Gasteiger partial charge in [0.25, 0.3) is 6.61 Å². The van der Waals surface area contributed by atoms with Crippen LogP contribution in [0.15, 0.2) is 117 Å². The predicted octanol–water partition coefficient (Wildman–Crippen LogP) is 7.35. The summed E-state index contributed by atoms with van der Waals surface area (Å²) < 4.78 is 12.2. The first-order valence-corrected chi connectivity index (χ1v) is 13.2. The number of hydrogen-bond donors (Lipinski definition) is 0. The number of allylic oxidation sites excluding steroid dienone is 14. The van der Waals surface area contributed by atoms with Crippen molar-refractivity contribution in [3.63, 3.8) is 0 Å². The molecule has 4 aliphatic carbocycles. The van der Waals surface area contributed by atoms with Crippen LogP contribution < -0.4 is 4.74 Å². The molecule has 0 N–H and O–H groups in total. The van der Waals surface area contributed by atoms with Gasteiger partial charge in [-0.3, -0.25) is 4.42 Å². The average molecular weight is 490 g/mol. The van der Waals surface area contributed by atoms with Crippen LogP contribution in [0.5, 0.6) is 5.75 Å². The van der Waals surface area contributed by atoms with Crippen molar-refractivity contribution in [2.45, 2.75) is 47.0 Å². The van der Waals surface area contributed by atoms with E-state index in [0.717, 1.165) is 17.6 Å². The number of hydrogen-bond acceptors (Lipinski definition) is 2. The van der Waals surface area contributed by atoms with E-state index in [9.17, 15) is 4.79 Å². The zero-order valence-corrected chi connectivity index (χ0v) is 22.3. The highest BCUT2D eigenvalue weighted by Crippen LogP contribution is 2.72. The molecule has 0 fully saturated rings. The van der Waals surface area contributed by atoms with Crippen LogP contribution in [0, 0.1) is 11.3 Å². The first-order valence-electron chi connectivity index (χ1n) is 13.2. The van der Waals surface area contributed by atoms with E-state index in [-0.39, 0.29) is 11.8 Å². The third kappa shape index (κ3) is 2.72. The molecule has 1 heterocycles. The molecule has 0 saturated carbocycles. The molecule has 0 radical (unpaired) electrons. The zero-order valence-electron chi connectivity index (χ0n) is 22.3. The van der Waals surface area contributed by atoms with Gasteiger partial charge in [-0.05, 0) is 78.3 Å². The molecule has 5 aliphatic rings. The number of rotatable bonds is 5. The molecule has 0 bridgehead atoms. The molecular formula is C34H33O3+. The van der Waals surface area contributed by atoms with Gasteiger partial charge in [-0.25, -0.2) is 4.79 Å². The van der Waals surface area contributed by atoms with Crippen LogP contribution in [0.2, 0.25) is 0 Å². The minimum absolute atomic E-state index is 0.140. The summed E-state index contributed by atoms with van der Waals surface area (Å²) in [5.41, 5.74) is 12.9. The summed E-state index contributed by atoms with van der Waals surface area (Å²) in [6.07, 6.45) is 9.27. The van der Waals surface area contributed by atoms with E-state index < -0.39 is 11.4 Å². The SMILES string of the molecule is C=CC1=C(C)C2C(C)=C(C)C3=C(C)C(C=C)=C4C=CC1=C2C43C1C(=[O+]CCC)C(=O)Oc2ccccc21. The van der Waals surface area contributed by atoms with Crippen molar-refractivity contribution in [2.24, 2.45) is 11.3 Å². The first-order chi connectivity index (χ1) is 17.8. The van der Waals surface area contributed by atoms with Gasteiger partial charge in [0.2, 0.25) is 0 Å². The Balaban J connectivity index is 1.82. The van der Waals surface area contributed by atoms with Crippen LogP contribution in [0.1, 0.15) is 52.5 Å². The van der Waals surface area contributed by atoms with Crippen LogP contribution in [-0.4, -0.2) is 18.4 Å². The summed E-state index contributed by atoms with van der Waals surface area (Å²) in [5, 5.41) is 0. The van der Waals surface area contributed by atoms with Gasteiger partial charge < -0.3 is 4.74 Å². The Bertz CT molecular complexity index is 1540. The maximum Gasteiger partial charge on any atom is 0.437 e. The molecule has 37 heavy (non-hydrogen) atoms. The zero-order chi connectivity index (χ0) is 26.2. The second-order valence-corrected chi connectivity index (χ2v) is 10.6. The molecule has 3 unspecified atom stereocenters. The Hall–Kier alpha value is -3.72. The minimum Gasteiger partial charge on any atom is -0.416 e. The van der Waals surface area contributed by atoms with E-state index in [0.29, 0.717) is 18.1 Å². The lowest BCUT2D eigenvalue weighted by molar-refractivity contribution is -0.458. The van der Waals surface area contributed by atoms with Crippen molar-refractivity contribution in [1.29, 1.82) is 0 Å². The van der Waals surface area contributed by atoms with E-state index in [1.807, 2.05) is 30.4 Å². The number of carbonyl (C=O) groups is 1. The molecule has 0 amide bonds. The third-order valence-corrected chi connectivity index (χ3v) is 9.06. The van der Waals surface area contributed by atoms with Gasteiger partial charge in [0.1, 0.15) is 11.7 Å². The Morgan fingerprint density at radius 1 is 1.00 bits per heavy atom. The van der Waals surface area contributed by atoms with Gasteiger partial charge in [-0.1, -0.05) is 73.7 Å². The number of fused-ring (bicyclic) bond motifs is 1. The lowest BCUT2D eigenvalue weighted by Gasteiger charge is -2.50. The van der Waals surface area contributed by atoms with Crippen molar-refractivity contribution in [3.05, 3.63) is 123 Å². The number of para-hydroxylation sites is 1. The summed E-state index contributed by atoms with van der Waals surface area (Å²) in [6, 6.07) is 7.95. The second-order valence-electron chi connectivity index (χ2n) is 10.6. The van der Waals surface area contributed by atoms with E-state index in [2.05, 4.69) is 66.0 Å². The fraction of sp³-hybridized carbons (Fsp3) is 0.294. The summed E-state index contributed by atoms with van der Waals surface area (Å²) in [7, 11) is 0. The van der Waals surface area contributed by atoms with Gasteiger partial charge >= 0.3 is 11.8 Å². The number of carbonyl (C=O) groups excluding carboxylic acids is 2. The van der Waals surface area contributed by atoms with Gasteiger partial charge in [-0.2, -0.15) is 0 Å². The van der Waals surface area contributed by atoms with Gasteiger partial charge in [0, 0.05) is 17.9 Å². The highest BCUT2D eigenvalue weighted by Gasteiger charge is 2.66. The average Bonchev–Trinajstić information content (AvgIpc) is 3.33. The Morgan fingerprint density at radius 2 is 1.73 bits per heavy atom. The van der Waals surface area contributed by atoms with Crippen molar-refractivity contribution >= 4 is 11.8 Å². The third-order valence-electron chi connectivity index (χ3n) is 9.06. The number of benzene rings is 1. The minimum atomic E-state index is -0.601. The molecule has 186 valence electrons. The van der Waals surface area contributed by atoms with Crippen LogP contribution in [-0.2, 0) is 9.22 Å². The monoisotopic (exact) mass is 489 g/mol. The summed E-state index contributed by atoms with van der Waals surface area (Å²) in [4.78, 5) is 13.7. The van der Waals surface area contributed by atoms with E-state index in [1.54, 1.807) is 0 Å². The van der Waals surface area contributed by atoms with Crippen LogP contribution in [0.4, 0.5) is 0 Å².